The first-order valence-electron chi connectivity index (χ1n) is 7.34. The maximum Gasteiger partial charge on any atom is 0.123 e. The van der Waals surface area contributed by atoms with Crippen molar-refractivity contribution in [1.82, 2.24) is 5.32 Å². The number of methoxy groups -OCH3 is 1. The molecule has 0 amide bonds. The molecule has 1 N–H and O–H groups in total. The van der Waals surface area contributed by atoms with Crippen molar-refractivity contribution >= 4 is 0 Å². The summed E-state index contributed by atoms with van der Waals surface area (Å²) in [6.45, 7) is 5.82. The Balaban J connectivity index is 2.27. The normalized spacial score (nSPS) is 23.8. The third-order valence-corrected chi connectivity index (χ3v) is 3.84. The van der Waals surface area contributed by atoms with E-state index in [9.17, 15) is 4.39 Å². The third kappa shape index (κ3) is 3.49. The van der Waals surface area contributed by atoms with Gasteiger partial charge >= 0.3 is 0 Å². The highest BCUT2D eigenvalue weighted by Gasteiger charge is 2.32. The van der Waals surface area contributed by atoms with Crippen molar-refractivity contribution < 1.29 is 13.9 Å². The molecule has 0 radical (unpaired) electrons. The van der Waals surface area contributed by atoms with Gasteiger partial charge < -0.3 is 14.8 Å². The van der Waals surface area contributed by atoms with E-state index in [1.54, 1.807) is 19.2 Å². The Bertz CT molecular complexity index is 438. The number of halogens is 1. The highest BCUT2D eigenvalue weighted by atomic mass is 19.1. The lowest BCUT2D eigenvalue weighted by atomic mass is 9.90. The van der Waals surface area contributed by atoms with E-state index >= 15 is 0 Å². The van der Waals surface area contributed by atoms with Crippen molar-refractivity contribution in [1.29, 1.82) is 0 Å². The van der Waals surface area contributed by atoms with Crippen LogP contribution < -0.4 is 10.1 Å². The predicted octanol–water partition coefficient (Wildman–Crippen LogP) is 3.30. The van der Waals surface area contributed by atoms with E-state index in [4.69, 9.17) is 9.47 Å². The second kappa shape index (κ2) is 7.04. The van der Waals surface area contributed by atoms with E-state index in [-0.39, 0.29) is 18.0 Å². The van der Waals surface area contributed by atoms with Crippen LogP contribution in [0.15, 0.2) is 18.2 Å². The Kier molecular flexibility index (Phi) is 5.38. The minimum Gasteiger partial charge on any atom is -0.496 e. The Morgan fingerprint density at radius 1 is 1.50 bits per heavy atom. The Morgan fingerprint density at radius 3 is 2.90 bits per heavy atom. The molecule has 1 saturated heterocycles. The van der Waals surface area contributed by atoms with E-state index in [1.165, 1.54) is 6.07 Å². The van der Waals surface area contributed by atoms with Crippen molar-refractivity contribution in [2.45, 2.75) is 38.8 Å². The Hall–Kier alpha value is -1.13. The molecular formula is C16H24FNO2. The van der Waals surface area contributed by atoms with Crippen LogP contribution in [0.1, 0.15) is 38.3 Å². The summed E-state index contributed by atoms with van der Waals surface area (Å²) in [4.78, 5) is 0. The van der Waals surface area contributed by atoms with Crippen molar-refractivity contribution in [3.8, 4) is 5.75 Å². The first kappa shape index (κ1) is 15.3. The molecule has 3 unspecified atom stereocenters. The van der Waals surface area contributed by atoms with Gasteiger partial charge in [-0.25, -0.2) is 4.39 Å². The van der Waals surface area contributed by atoms with Crippen LogP contribution in [-0.2, 0) is 4.74 Å². The van der Waals surface area contributed by atoms with Crippen molar-refractivity contribution in [2.75, 3.05) is 20.3 Å². The van der Waals surface area contributed by atoms with Gasteiger partial charge in [-0.2, -0.15) is 0 Å². The standard InChI is InChI=1S/C16H24FNO2/c1-4-7-18-16(12-8-11(2)20-10-12)14-9-13(17)5-6-15(14)19-3/h5-6,9,11-12,16,18H,4,7-8,10H2,1-3H3. The molecule has 1 aliphatic heterocycles. The quantitative estimate of drug-likeness (QED) is 0.868. The number of benzene rings is 1. The van der Waals surface area contributed by atoms with E-state index in [0.29, 0.717) is 12.5 Å². The molecule has 1 heterocycles. The number of hydrogen-bond donors (Lipinski definition) is 1. The lowest BCUT2D eigenvalue weighted by Gasteiger charge is -2.26. The molecule has 0 spiro atoms. The van der Waals surface area contributed by atoms with Gasteiger partial charge in [0.05, 0.1) is 19.8 Å². The first-order chi connectivity index (χ1) is 9.65. The van der Waals surface area contributed by atoms with Crippen LogP contribution in [0.5, 0.6) is 5.75 Å². The number of rotatable bonds is 6. The molecule has 112 valence electrons. The molecular weight excluding hydrogens is 257 g/mol. The van der Waals surface area contributed by atoms with Crippen molar-refractivity contribution in [3.63, 3.8) is 0 Å². The molecule has 0 saturated carbocycles. The van der Waals surface area contributed by atoms with Gasteiger partial charge in [0.1, 0.15) is 11.6 Å². The third-order valence-electron chi connectivity index (χ3n) is 3.84. The average molecular weight is 281 g/mol. The second-order valence-electron chi connectivity index (χ2n) is 5.46. The van der Waals surface area contributed by atoms with E-state index < -0.39 is 0 Å². The second-order valence-corrected chi connectivity index (χ2v) is 5.46. The molecule has 0 bridgehead atoms. The van der Waals surface area contributed by atoms with Crippen molar-refractivity contribution in [2.24, 2.45) is 5.92 Å². The summed E-state index contributed by atoms with van der Waals surface area (Å²) in [6.07, 6.45) is 2.30. The van der Waals surface area contributed by atoms with Gasteiger partial charge in [0.25, 0.3) is 0 Å². The van der Waals surface area contributed by atoms with E-state index in [1.807, 2.05) is 0 Å². The minimum atomic E-state index is -0.226. The molecule has 3 atom stereocenters. The Labute approximate surface area is 120 Å². The monoisotopic (exact) mass is 281 g/mol. The summed E-state index contributed by atoms with van der Waals surface area (Å²) in [5, 5.41) is 3.52. The molecule has 4 heteroatoms. The van der Waals surface area contributed by atoms with Gasteiger partial charge in [-0.05, 0) is 44.5 Å². The SMILES string of the molecule is CCCNC(c1cc(F)ccc1OC)C1COC(C)C1. The van der Waals surface area contributed by atoms with Gasteiger partial charge in [0.15, 0.2) is 0 Å². The van der Waals surface area contributed by atoms with E-state index in [2.05, 4.69) is 19.2 Å². The Morgan fingerprint density at radius 2 is 2.30 bits per heavy atom. The fraction of sp³-hybridized carbons (Fsp3) is 0.625. The van der Waals surface area contributed by atoms with Crippen LogP contribution in [0.25, 0.3) is 0 Å². The van der Waals surface area contributed by atoms with Gasteiger partial charge in [0.2, 0.25) is 0 Å². The maximum absolute atomic E-state index is 13.6. The lowest BCUT2D eigenvalue weighted by molar-refractivity contribution is 0.116. The molecule has 2 rings (SSSR count). The van der Waals surface area contributed by atoms with E-state index in [0.717, 1.165) is 30.7 Å². The first-order valence-corrected chi connectivity index (χ1v) is 7.34. The maximum atomic E-state index is 13.6. The smallest absolute Gasteiger partial charge is 0.123 e. The molecule has 20 heavy (non-hydrogen) atoms. The highest BCUT2D eigenvalue weighted by Crippen LogP contribution is 2.36. The minimum absolute atomic E-state index is 0.0746. The van der Waals surface area contributed by atoms with Gasteiger partial charge in [-0.15, -0.1) is 0 Å². The number of nitrogens with one attached hydrogen (secondary N) is 1. The van der Waals surface area contributed by atoms with Gasteiger partial charge in [0, 0.05) is 17.5 Å². The van der Waals surface area contributed by atoms with Crippen LogP contribution in [0.4, 0.5) is 4.39 Å². The summed E-state index contributed by atoms with van der Waals surface area (Å²) >= 11 is 0. The summed E-state index contributed by atoms with van der Waals surface area (Å²) in [7, 11) is 1.63. The highest BCUT2D eigenvalue weighted by molar-refractivity contribution is 5.37. The molecule has 3 nitrogen and oxygen atoms in total. The van der Waals surface area contributed by atoms with Crippen LogP contribution in [0, 0.1) is 11.7 Å². The lowest BCUT2D eigenvalue weighted by Crippen LogP contribution is -2.30. The van der Waals surface area contributed by atoms with Crippen molar-refractivity contribution in [3.05, 3.63) is 29.6 Å². The van der Waals surface area contributed by atoms with Gasteiger partial charge in [-0.1, -0.05) is 6.92 Å². The topological polar surface area (TPSA) is 30.5 Å². The van der Waals surface area contributed by atoms with Crippen LogP contribution in [0.2, 0.25) is 0 Å². The van der Waals surface area contributed by atoms with Crippen LogP contribution >= 0.6 is 0 Å². The fourth-order valence-electron chi connectivity index (χ4n) is 2.86. The predicted molar refractivity (Wildman–Crippen MR) is 77.5 cm³/mol. The van der Waals surface area contributed by atoms with Crippen LogP contribution in [0.3, 0.4) is 0 Å². The zero-order chi connectivity index (χ0) is 14.5. The zero-order valence-electron chi connectivity index (χ0n) is 12.5. The molecule has 0 aromatic heterocycles. The molecule has 1 aliphatic rings. The zero-order valence-corrected chi connectivity index (χ0v) is 12.5. The summed E-state index contributed by atoms with van der Waals surface area (Å²) < 4.78 is 24.7. The summed E-state index contributed by atoms with van der Waals surface area (Å²) in [5.74, 6) is 0.864. The summed E-state index contributed by atoms with van der Waals surface area (Å²) in [5.41, 5.74) is 0.892. The summed E-state index contributed by atoms with van der Waals surface area (Å²) in [6, 6.07) is 4.79. The fourth-order valence-corrected chi connectivity index (χ4v) is 2.86. The average Bonchev–Trinajstić information content (AvgIpc) is 2.86. The largest absolute Gasteiger partial charge is 0.496 e. The molecule has 1 aromatic carbocycles. The number of ether oxygens (including phenoxy) is 2. The molecule has 1 aromatic rings. The van der Waals surface area contributed by atoms with Crippen LogP contribution in [-0.4, -0.2) is 26.4 Å². The molecule has 1 fully saturated rings. The van der Waals surface area contributed by atoms with Gasteiger partial charge in [-0.3, -0.25) is 0 Å². The molecule has 0 aliphatic carbocycles. The number of hydrogen-bond acceptors (Lipinski definition) is 3.